The number of halogens is 2. The maximum absolute atomic E-state index is 12.3. The lowest BCUT2D eigenvalue weighted by atomic mass is 10.3. The van der Waals surface area contributed by atoms with Gasteiger partial charge in [-0.25, -0.2) is 4.68 Å². The smallest absolute Gasteiger partial charge is 0.387 e. The van der Waals surface area contributed by atoms with Crippen molar-refractivity contribution in [1.29, 1.82) is 0 Å². The zero-order valence-electron chi connectivity index (χ0n) is 13.2. The fourth-order valence-corrected chi connectivity index (χ4v) is 2.08. The molecule has 0 radical (unpaired) electrons. The van der Waals surface area contributed by atoms with E-state index < -0.39 is 6.61 Å². The van der Waals surface area contributed by atoms with E-state index in [1.54, 1.807) is 36.8 Å². The third-order valence-corrected chi connectivity index (χ3v) is 3.19. The maximum atomic E-state index is 12.3. The summed E-state index contributed by atoms with van der Waals surface area (Å²) < 4.78 is 41.2. The zero-order valence-corrected chi connectivity index (χ0v) is 13.2. The lowest BCUT2D eigenvalue weighted by Gasteiger charge is -2.08. The Bertz CT molecular complexity index is 842. The lowest BCUT2D eigenvalue weighted by molar-refractivity contribution is -0.0498. The van der Waals surface area contributed by atoms with Crippen LogP contribution in [0.1, 0.15) is 5.69 Å². The number of benzene rings is 1. The Morgan fingerprint density at radius 2 is 2.08 bits per heavy atom. The van der Waals surface area contributed by atoms with E-state index >= 15 is 0 Å². The maximum Gasteiger partial charge on any atom is 0.387 e. The van der Waals surface area contributed by atoms with Crippen LogP contribution in [0.3, 0.4) is 0 Å². The Balaban J connectivity index is 1.70. The Kier molecular flexibility index (Phi) is 5.03. The van der Waals surface area contributed by atoms with Gasteiger partial charge in [0.2, 0.25) is 0 Å². The molecule has 0 fully saturated rings. The van der Waals surface area contributed by atoms with Crippen molar-refractivity contribution in [3.8, 4) is 22.9 Å². The molecule has 130 valence electrons. The molecule has 0 aliphatic rings. The molecule has 1 aromatic carbocycles. The van der Waals surface area contributed by atoms with Crippen LogP contribution in [-0.2, 0) is 6.61 Å². The van der Waals surface area contributed by atoms with E-state index in [2.05, 4.69) is 20.0 Å². The minimum atomic E-state index is -2.88. The highest BCUT2D eigenvalue weighted by Crippen LogP contribution is 2.25. The van der Waals surface area contributed by atoms with Crippen molar-refractivity contribution in [3.05, 3.63) is 54.6 Å². The van der Waals surface area contributed by atoms with Crippen LogP contribution >= 0.6 is 0 Å². The molecular formula is C16H14F2N4O3. The van der Waals surface area contributed by atoms with Crippen molar-refractivity contribution in [2.45, 2.75) is 13.2 Å². The average molecular weight is 348 g/mol. The molecule has 0 unspecified atom stereocenters. The summed E-state index contributed by atoms with van der Waals surface area (Å²) in [5.41, 5.74) is 1.09. The van der Waals surface area contributed by atoms with Crippen LogP contribution in [0, 0.1) is 0 Å². The number of aromatic nitrogens is 4. The molecule has 0 aliphatic carbocycles. The number of rotatable bonds is 7. The minimum Gasteiger partial charge on any atom is -0.491 e. The van der Waals surface area contributed by atoms with Crippen LogP contribution in [0.2, 0.25) is 0 Å². The largest absolute Gasteiger partial charge is 0.491 e. The minimum absolute atomic E-state index is 0.0438. The number of ether oxygens (including phenoxy) is 3. The molecule has 3 rings (SSSR count). The molecule has 3 aromatic rings. The predicted octanol–water partition coefficient (Wildman–Crippen LogP) is 2.85. The monoisotopic (exact) mass is 348 g/mol. The summed E-state index contributed by atoms with van der Waals surface area (Å²) in [5.74, 6) is 1.08. The zero-order chi connectivity index (χ0) is 17.6. The first kappa shape index (κ1) is 16.6. The third kappa shape index (κ3) is 4.19. The summed E-state index contributed by atoms with van der Waals surface area (Å²) in [4.78, 5) is 3.94. The second kappa shape index (κ2) is 7.56. The Hall–Kier alpha value is -3.23. The van der Waals surface area contributed by atoms with Gasteiger partial charge in [-0.05, 0) is 12.1 Å². The van der Waals surface area contributed by atoms with Gasteiger partial charge in [-0.1, -0.05) is 11.3 Å². The Morgan fingerprint density at radius 1 is 1.20 bits per heavy atom. The second-order valence-electron chi connectivity index (χ2n) is 4.85. The van der Waals surface area contributed by atoms with Gasteiger partial charge in [0.05, 0.1) is 25.2 Å². The predicted molar refractivity (Wildman–Crippen MR) is 83.1 cm³/mol. The number of alkyl halides is 2. The molecule has 9 heteroatoms. The van der Waals surface area contributed by atoms with Crippen LogP contribution in [0.15, 0.2) is 48.9 Å². The molecule has 0 atom stereocenters. The van der Waals surface area contributed by atoms with Crippen LogP contribution in [0.5, 0.6) is 17.2 Å². The molecule has 7 nitrogen and oxygen atoms in total. The van der Waals surface area contributed by atoms with Crippen LogP contribution in [0.4, 0.5) is 8.78 Å². The summed E-state index contributed by atoms with van der Waals surface area (Å²) in [5, 5.41) is 7.96. The topological polar surface area (TPSA) is 71.3 Å². The van der Waals surface area contributed by atoms with Gasteiger partial charge >= 0.3 is 6.61 Å². The molecule has 0 spiro atoms. The normalized spacial score (nSPS) is 10.7. The summed E-state index contributed by atoms with van der Waals surface area (Å²) in [6.07, 6.45) is 4.76. The van der Waals surface area contributed by atoms with E-state index in [0.717, 1.165) is 0 Å². The van der Waals surface area contributed by atoms with Gasteiger partial charge in [0.15, 0.2) is 11.5 Å². The van der Waals surface area contributed by atoms with E-state index in [9.17, 15) is 8.78 Å². The summed E-state index contributed by atoms with van der Waals surface area (Å²) >= 11 is 0. The van der Waals surface area contributed by atoms with Gasteiger partial charge in [0, 0.05) is 18.3 Å². The fraction of sp³-hybridized carbons (Fsp3) is 0.188. The van der Waals surface area contributed by atoms with Gasteiger partial charge in [-0.3, -0.25) is 4.98 Å². The first-order chi connectivity index (χ1) is 12.2. The van der Waals surface area contributed by atoms with Crippen LogP contribution in [0.25, 0.3) is 5.69 Å². The summed E-state index contributed by atoms with van der Waals surface area (Å²) in [7, 11) is 1.52. The standard InChI is InChI=1S/C16H14F2N4O3/c1-23-15-8-19-6-5-14(15)24-10-11-9-22(21-20-11)12-3-2-4-13(7-12)25-16(17)18/h2-9,16H,10H2,1H3. The molecular weight excluding hydrogens is 334 g/mol. The van der Waals surface area contributed by atoms with Gasteiger partial charge in [-0.2, -0.15) is 8.78 Å². The van der Waals surface area contributed by atoms with Crippen LogP contribution < -0.4 is 14.2 Å². The summed E-state index contributed by atoms with van der Waals surface area (Å²) in [6.45, 7) is -2.72. The van der Waals surface area contributed by atoms with E-state index in [1.807, 2.05) is 0 Å². The Morgan fingerprint density at radius 3 is 2.88 bits per heavy atom. The summed E-state index contributed by atoms with van der Waals surface area (Å²) in [6, 6.07) is 7.84. The molecule has 0 saturated heterocycles. The number of hydrogen-bond donors (Lipinski definition) is 0. The lowest BCUT2D eigenvalue weighted by Crippen LogP contribution is -2.03. The first-order valence-electron chi connectivity index (χ1n) is 7.23. The van der Waals surface area contributed by atoms with Crippen molar-refractivity contribution >= 4 is 0 Å². The highest BCUT2D eigenvalue weighted by atomic mass is 19.3. The molecule has 2 heterocycles. The average Bonchev–Trinajstić information content (AvgIpc) is 3.09. The van der Waals surface area contributed by atoms with E-state index in [1.165, 1.54) is 23.9 Å². The second-order valence-corrected chi connectivity index (χ2v) is 4.85. The number of hydrogen-bond acceptors (Lipinski definition) is 6. The molecule has 2 aromatic heterocycles. The number of methoxy groups -OCH3 is 1. The van der Waals surface area contributed by atoms with Crippen molar-refractivity contribution in [2.24, 2.45) is 0 Å². The third-order valence-electron chi connectivity index (χ3n) is 3.19. The van der Waals surface area contributed by atoms with Crippen molar-refractivity contribution in [1.82, 2.24) is 20.0 Å². The molecule has 0 aliphatic heterocycles. The first-order valence-corrected chi connectivity index (χ1v) is 7.23. The highest BCUT2D eigenvalue weighted by Gasteiger charge is 2.09. The van der Waals surface area contributed by atoms with Crippen molar-refractivity contribution in [2.75, 3.05) is 7.11 Å². The van der Waals surface area contributed by atoms with Crippen molar-refractivity contribution < 1.29 is 23.0 Å². The SMILES string of the molecule is COc1cnccc1OCc1cn(-c2cccc(OC(F)F)c2)nn1. The molecule has 0 bridgehead atoms. The van der Waals surface area contributed by atoms with Gasteiger partial charge < -0.3 is 14.2 Å². The van der Waals surface area contributed by atoms with Gasteiger partial charge in [-0.15, -0.1) is 5.10 Å². The van der Waals surface area contributed by atoms with Crippen LogP contribution in [-0.4, -0.2) is 33.7 Å². The number of pyridine rings is 1. The van der Waals surface area contributed by atoms with Gasteiger partial charge in [0.1, 0.15) is 18.1 Å². The van der Waals surface area contributed by atoms with Gasteiger partial charge in [0.25, 0.3) is 0 Å². The van der Waals surface area contributed by atoms with E-state index in [-0.39, 0.29) is 12.4 Å². The molecule has 25 heavy (non-hydrogen) atoms. The van der Waals surface area contributed by atoms with E-state index in [0.29, 0.717) is 22.9 Å². The quantitative estimate of drug-likeness (QED) is 0.654. The van der Waals surface area contributed by atoms with Crippen molar-refractivity contribution in [3.63, 3.8) is 0 Å². The molecule has 0 saturated carbocycles. The molecule has 0 amide bonds. The molecule has 0 N–H and O–H groups in total. The Labute approximate surface area is 141 Å². The number of nitrogens with zero attached hydrogens (tertiary/aromatic N) is 4. The fourth-order valence-electron chi connectivity index (χ4n) is 2.08. The highest BCUT2D eigenvalue weighted by molar-refractivity contribution is 5.39. The van der Waals surface area contributed by atoms with E-state index in [4.69, 9.17) is 9.47 Å².